The lowest BCUT2D eigenvalue weighted by Gasteiger charge is -2.31. The van der Waals surface area contributed by atoms with E-state index in [0.717, 1.165) is 56.9 Å². The molecular formula is C21H19N5O2S2. The number of methoxy groups -OCH3 is 1. The van der Waals surface area contributed by atoms with Crippen LogP contribution in [0.5, 0.6) is 5.75 Å². The highest BCUT2D eigenvalue weighted by atomic mass is 32.1. The molecule has 152 valence electrons. The fourth-order valence-electron chi connectivity index (χ4n) is 3.76. The topological polar surface area (TPSA) is 81.1 Å². The molecule has 0 radical (unpaired) electrons. The fraction of sp³-hybridized carbons (Fsp3) is 0.286. The van der Waals surface area contributed by atoms with Gasteiger partial charge in [0, 0.05) is 24.6 Å². The van der Waals surface area contributed by atoms with Crippen molar-refractivity contribution in [1.29, 1.82) is 0 Å². The molecule has 0 spiro atoms. The summed E-state index contributed by atoms with van der Waals surface area (Å²) >= 11 is 2.78. The van der Waals surface area contributed by atoms with E-state index < -0.39 is 0 Å². The first-order chi connectivity index (χ1) is 14.7. The summed E-state index contributed by atoms with van der Waals surface area (Å²) in [6.45, 7) is 1.42. The number of fused-ring (bicyclic) bond motifs is 1. The lowest BCUT2D eigenvalue weighted by Crippen LogP contribution is -2.37. The molecule has 1 fully saturated rings. The van der Waals surface area contributed by atoms with Gasteiger partial charge in [-0.25, -0.2) is 0 Å². The number of benzene rings is 2. The van der Waals surface area contributed by atoms with Gasteiger partial charge in [0.1, 0.15) is 21.8 Å². The van der Waals surface area contributed by atoms with E-state index in [2.05, 4.69) is 18.9 Å². The van der Waals surface area contributed by atoms with E-state index >= 15 is 0 Å². The van der Waals surface area contributed by atoms with Crippen LogP contribution in [0.4, 0.5) is 0 Å². The van der Waals surface area contributed by atoms with Crippen molar-refractivity contribution in [3.05, 3.63) is 53.0 Å². The van der Waals surface area contributed by atoms with Crippen LogP contribution in [0.15, 0.2) is 42.5 Å². The largest absolute Gasteiger partial charge is 0.496 e. The molecule has 0 N–H and O–H groups in total. The monoisotopic (exact) mass is 437 g/mol. The molecule has 1 amide bonds. The van der Waals surface area contributed by atoms with Crippen LogP contribution in [0.1, 0.15) is 34.1 Å². The zero-order chi connectivity index (χ0) is 20.5. The molecule has 1 saturated heterocycles. The summed E-state index contributed by atoms with van der Waals surface area (Å²) in [5, 5.41) is 10.7. The second-order valence-corrected chi connectivity index (χ2v) is 8.72. The molecule has 9 heteroatoms. The van der Waals surface area contributed by atoms with Crippen molar-refractivity contribution >= 4 is 40.0 Å². The number of carbonyl (C=O) groups excluding carboxylic acids is 1. The molecule has 1 aliphatic rings. The highest BCUT2D eigenvalue weighted by Crippen LogP contribution is 2.36. The first-order valence-electron chi connectivity index (χ1n) is 9.71. The molecular weight excluding hydrogens is 418 g/mol. The average Bonchev–Trinajstić information content (AvgIpc) is 3.48. The van der Waals surface area contributed by atoms with E-state index in [1.807, 2.05) is 47.4 Å². The zero-order valence-electron chi connectivity index (χ0n) is 16.3. The number of aromatic nitrogens is 4. The minimum Gasteiger partial charge on any atom is -0.496 e. The van der Waals surface area contributed by atoms with Crippen LogP contribution < -0.4 is 4.74 Å². The van der Waals surface area contributed by atoms with Gasteiger partial charge in [-0.05, 0) is 43.2 Å². The van der Waals surface area contributed by atoms with Gasteiger partial charge in [-0.3, -0.25) is 4.79 Å². The van der Waals surface area contributed by atoms with Gasteiger partial charge in [-0.15, -0.1) is 10.2 Å². The van der Waals surface area contributed by atoms with E-state index in [-0.39, 0.29) is 5.91 Å². The molecule has 0 unspecified atom stereocenters. The Morgan fingerprint density at radius 3 is 2.70 bits per heavy atom. The first kappa shape index (κ1) is 19.1. The van der Waals surface area contributed by atoms with Gasteiger partial charge in [0.15, 0.2) is 5.01 Å². The number of piperidine rings is 1. The van der Waals surface area contributed by atoms with Crippen LogP contribution in [0.2, 0.25) is 0 Å². The van der Waals surface area contributed by atoms with Crippen LogP contribution in [-0.4, -0.2) is 50.0 Å². The summed E-state index contributed by atoms with van der Waals surface area (Å²) in [6, 6.07) is 13.4. The number of ether oxygens (including phenoxy) is 1. The van der Waals surface area contributed by atoms with Crippen LogP contribution in [0.3, 0.4) is 0 Å². The molecule has 1 aliphatic heterocycles. The summed E-state index contributed by atoms with van der Waals surface area (Å²) in [5.74, 6) is 1.17. The number of amides is 1. The number of carbonyl (C=O) groups is 1. The highest BCUT2D eigenvalue weighted by molar-refractivity contribution is 7.14. The molecule has 3 heterocycles. The molecule has 30 heavy (non-hydrogen) atoms. The van der Waals surface area contributed by atoms with E-state index in [9.17, 15) is 4.79 Å². The molecule has 5 rings (SSSR count). The molecule has 0 atom stereocenters. The summed E-state index contributed by atoms with van der Waals surface area (Å²) in [4.78, 5) is 14.8. The molecule has 0 aliphatic carbocycles. The van der Waals surface area contributed by atoms with Crippen molar-refractivity contribution in [2.45, 2.75) is 18.8 Å². The third-order valence-corrected chi connectivity index (χ3v) is 7.09. The third-order valence-electron chi connectivity index (χ3n) is 5.41. The number of para-hydroxylation sites is 1. The Morgan fingerprint density at radius 2 is 1.87 bits per heavy atom. The fourth-order valence-corrected chi connectivity index (χ4v) is 5.32. The lowest BCUT2D eigenvalue weighted by molar-refractivity contribution is 0.0713. The quantitative estimate of drug-likeness (QED) is 0.475. The minimum atomic E-state index is 0.0512. The number of rotatable bonds is 4. The molecule has 2 aromatic carbocycles. The maximum atomic E-state index is 12.9. The highest BCUT2D eigenvalue weighted by Gasteiger charge is 2.27. The van der Waals surface area contributed by atoms with Crippen LogP contribution in [-0.2, 0) is 0 Å². The first-order valence-corrected chi connectivity index (χ1v) is 11.3. The van der Waals surface area contributed by atoms with E-state index in [0.29, 0.717) is 24.6 Å². The van der Waals surface area contributed by atoms with Gasteiger partial charge in [0.2, 0.25) is 0 Å². The van der Waals surface area contributed by atoms with Crippen molar-refractivity contribution in [2.75, 3.05) is 20.2 Å². The van der Waals surface area contributed by atoms with Gasteiger partial charge in [-0.1, -0.05) is 23.5 Å². The number of hydrogen-bond donors (Lipinski definition) is 0. The normalized spacial score (nSPS) is 14.9. The Balaban J connectivity index is 1.27. The number of nitrogens with zero attached hydrogens (tertiary/aromatic N) is 5. The lowest BCUT2D eigenvalue weighted by atomic mass is 9.97. The van der Waals surface area contributed by atoms with Gasteiger partial charge in [0.25, 0.3) is 5.91 Å². The predicted molar refractivity (Wildman–Crippen MR) is 117 cm³/mol. The van der Waals surface area contributed by atoms with Crippen molar-refractivity contribution in [3.63, 3.8) is 0 Å². The smallest absolute Gasteiger partial charge is 0.253 e. The van der Waals surface area contributed by atoms with E-state index in [4.69, 9.17) is 4.74 Å². The summed E-state index contributed by atoms with van der Waals surface area (Å²) in [5.41, 5.74) is 3.24. The standard InChI is InChI=1S/C21H19N5O2S2/c1-28-18-5-3-2-4-15(18)20-23-22-19(29-20)13-8-10-26(11-9-13)21(27)14-6-7-16-17(12-14)25-30-24-16/h2-7,12-13H,8-11H2,1H3. The van der Waals surface area contributed by atoms with Gasteiger partial charge in [0.05, 0.1) is 24.4 Å². The van der Waals surface area contributed by atoms with Crippen molar-refractivity contribution < 1.29 is 9.53 Å². The maximum Gasteiger partial charge on any atom is 0.253 e. The maximum absolute atomic E-state index is 12.9. The summed E-state index contributed by atoms with van der Waals surface area (Å²) in [6.07, 6.45) is 1.76. The Hall–Kier alpha value is -2.91. The second kappa shape index (κ2) is 8.08. The van der Waals surface area contributed by atoms with Crippen molar-refractivity contribution in [3.8, 4) is 16.3 Å². The Labute approximate surface area is 181 Å². The third kappa shape index (κ3) is 3.54. The number of likely N-dealkylation sites (tertiary alicyclic amines) is 1. The van der Waals surface area contributed by atoms with Crippen LogP contribution >= 0.6 is 23.1 Å². The van der Waals surface area contributed by atoms with E-state index in [1.54, 1.807) is 18.4 Å². The SMILES string of the molecule is COc1ccccc1-c1nnc(C2CCN(C(=O)c3ccc4nsnc4c3)CC2)s1. The summed E-state index contributed by atoms with van der Waals surface area (Å²) in [7, 11) is 1.66. The van der Waals surface area contributed by atoms with Gasteiger partial charge in [-0.2, -0.15) is 8.75 Å². The van der Waals surface area contributed by atoms with Crippen LogP contribution in [0, 0.1) is 0 Å². The second-order valence-electron chi connectivity index (χ2n) is 7.18. The number of hydrogen-bond acceptors (Lipinski definition) is 8. The van der Waals surface area contributed by atoms with Gasteiger partial charge >= 0.3 is 0 Å². The molecule has 7 nitrogen and oxygen atoms in total. The summed E-state index contributed by atoms with van der Waals surface area (Å²) < 4.78 is 13.9. The van der Waals surface area contributed by atoms with E-state index in [1.165, 1.54) is 0 Å². The molecule has 2 aromatic heterocycles. The Kier molecular flexibility index (Phi) is 5.14. The molecule has 0 saturated carbocycles. The Bertz CT molecular complexity index is 1200. The van der Waals surface area contributed by atoms with Crippen molar-refractivity contribution in [2.24, 2.45) is 0 Å². The minimum absolute atomic E-state index is 0.0512. The van der Waals surface area contributed by atoms with Gasteiger partial charge < -0.3 is 9.64 Å². The zero-order valence-corrected chi connectivity index (χ0v) is 17.9. The Morgan fingerprint density at radius 1 is 1.07 bits per heavy atom. The van der Waals surface area contributed by atoms with Crippen molar-refractivity contribution in [1.82, 2.24) is 23.8 Å². The molecule has 0 bridgehead atoms. The molecule has 4 aromatic rings. The van der Waals surface area contributed by atoms with Crippen LogP contribution in [0.25, 0.3) is 21.6 Å². The average molecular weight is 438 g/mol. The predicted octanol–water partition coefficient (Wildman–Crippen LogP) is 4.24.